The zero-order valence-corrected chi connectivity index (χ0v) is 44.5. The maximum atomic E-state index is 15.0. The first-order valence-corrected chi connectivity index (χ1v) is 26.8. The number of ketones is 1. The van der Waals surface area contributed by atoms with Gasteiger partial charge in [-0.15, -0.1) is 0 Å². The minimum atomic E-state index is -0.657. The quantitative estimate of drug-likeness (QED) is 0.211. The van der Waals surface area contributed by atoms with E-state index in [1.54, 1.807) is 0 Å². The molecule has 0 aromatic heterocycles. The predicted octanol–water partition coefficient (Wildman–Crippen LogP) is 11.9. The number of rotatable bonds is 12. The van der Waals surface area contributed by atoms with Gasteiger partial charge in [-0.25, -0.2) is 4.79 Å². The van der Waals surface area contributed by atoms with Crippen LogP contribution in [0.1, 0.15) is 150 Å². The number of esters is 1. The number of likely N-dealkylation sites (N-methyl/N-ethyl adjacent to an activating group) is 1. The fourth-order valence-electron chi connectivity index (χ4n) is 16.5. The molecule has 0 saturated heterocycles. The average Bonchev–Trinajstić information content (AvgIpc) is 4.00. The van der Waals surface area contributed by atoms with Gasteiger partial charge in [0.25, 0.3) is 0 Å². The van der Waals surface area contributed by atoms with E-state index in [1.165, 1.54) is 16.7 Å². The molecule has 2 amide bonds. The molecule has 0 heterocycles. The monoisotopic (exact) mass is 964 g/mol. The second-order valence-electron chi connectivity index (χ2n) is 25.6. The summed E-state index contributed by atoms with van der Waals surface area (Å²) in [6, 6.07) is 18.9. The van der Waals surface area contributed by atoms with Gasteiger partial charge >= 0.3 is 18.2 Å². The summed E-state index contributed by atoms with van der Waals surface area (Å²) in [5.41, 5.74) is 4.09. The van der Waals surface area contributed by atoms with Crippen LogP contribution >= 0.6 is 11.6 Å². The minimum Gasteiger partial charge on any atom is -0.462 e. The van der Waals surface area contributed by atoms with Crippen LogP contribution in [0.15, 0.2) is 65.7 Å². The first-order chi connectivity index (χ1) is 32.4. The number of halogens is 1. The van der Waals surface area contributed by atoms with Crippen molar-refractivity contribution in [2.24, 2.45) is 62.6 Å². The van der Waals surface area contributed by atoms with Crippen LogP contribution in [0.3, 0.4) is 0 Å². The minimum absolute atomic E-state index is 0.0188. The molecule has 0 spiro atoms. The van der Waals surface area contributed by atoms with E-state index in [0.29, 0.717) is 37.3 Å². The van der Waals surface area contributed by atoms with E-state index in [-0.39, 0.29) is 80.3 Å². The number of hydrogen-bond acceptors (Lipinski definition) is 7. The molecule has 0 radical (unpaired) electrons. The van der Waals surface area contributed by atoms with Crippen molar-refractivity contribution < 1.29 is 28.7 Å². The van der Waals surface area contributed by atoms with Gasteiger partial charge in [-0.3, -0.25) is 9.59 Å². The van der Waals surface area contributed by atoms with E-state index in [4.69, 9.17) is 25.9 Å². The van der Waals surface area contributed by atoms with Crippen LogP contribution in [0, 0.1) is 62.6 Å². The number of urea groups is 1. The number of carbonyl (C=O) groups excluding carboxylic acids is 5. The fourth-order valence-corrected chi connectivity index (χ4v) is 16.7. The smallest absolute Gasteiger partial charge is 0.373 e. The van der Waals surface area contributed by atoms with Crippen molar-refractivity contribution in [1.29, 1.82) is 0 Å². The molecule has 2 aromatic carbocycles. The lowest BCUT2D eigenvalue weighted by Gasteiger charge is -2.72. The van der Waals surface area contributed by atoms with Gasteiger partial charge in [0.1, 0.15) is 6.10 Å². The topological polar surface area (TPSA) is 113 Å². The number of allylic oxidation sites excluding steroid dienone is 1. The van der Waals surface area contributed by atoms with Gasteiger partial charge in [-0.1, -0.05) is 116 Å². The molecule has 0 aliphatic heterocycles. The van der Waals surface area contributed by atoms with Gasteiger partial charge in [0.15, 0.2) is 5.78 Å². The molecular weight excluding hydrogens is 882 g/mol. The molecule has 7 aliphatic carbocycles. The molecule has 9 nitrogen and oxygen atoms in total. The van der Waals surface area contributed by atoms with Gasteiger partial charge in [-0.2, -0.15) is 9.59 Å². The molecule has 1 N–H and O–H groups in total. The Balaban J connectivity index is 0.00000209. The van der Waals surface area contributed by atoms with E-state index in [0.717, 1.165) is 94.2 Å². The van der Waals surface area contributed by atoms with E-state index in [9.17, 15) is 9.59 Å². The Kier molecular flexibility index (Phi) is 14.0. The van der Waals surface area contributed by atoms with E-state index >= 15 is 4.79 Å². The number of fused-ring (bicyclic) bond motifs is 7. The summed E-state index contributed by atoms with van der Waals surface area (Å²) in [7, 11) is 4.14. The number of nitrogens with zero attached hydrogens (tertiary/aromatic N) is 2. The Morgan fingerprint density at radius 2 is 1.46 bits per heavy atom. The SMILES string of the molecule is CC(C)C1=C2[C@H]3CC[C@@H]4[C@@]5(C)CC[C@H](OC(=O)[C@H]6C[C@@H](Cc7ccccc7)C6(C)C)C(C)(C)[C@@H]5CC[C@@]4(C)[C@]3(C)CC[C@@]2(NC(=O)N(CCN(C)C)CC2(c3ccc(Cl)cc3)CC2)CC1=O.O=C=O. The Hall–Kier alpha value is -3.78. The zero-order chi connectivity index (χ0) is 50.1. The third-order valence-electron chi connectivity index (χ3n) is 21.0. The van der Waals surface area contributed by atoms with E-state index in [1.807, 2.05) is 12.1 Å². The molecule has 376 valence electrons. The third kappa shape index (κ3) is 8.79. The molecule has 0 bridgehead atoms. The number of hydrogen-bond donors (Lipinski definition) is 1. The Morgan fingerprint density at radius 1 is 0.797 bits per heavy atom. The second-order valence-corrected chi connectivity index (χ2v) is 26.0. The van der Waals surface area contributed by atoms with Crippen LogP contribution in [0.25, 0.3) is 0 Å². The highest BCUT2D eigenvalue weighted by molar-refractivity contribution is 6.30. The van der Waals surface area contributed by atoms with Gasteiger partial charge in [0.05, 0.1) is 11.5 Å². The molecule has 2 aromatic rings. The number of benzene rings is 2. The van der Waals surface area contributed by atoms with Gasteiger partial charge in [0, 0.05) is 41.9 Å². The highest BCUT2D eigenvalue weighted by Crippen LogP contribution is 2.76. The molecule has 6 saturated carbocycles. The summed E-state index contributed by atoms with van der Waals surface area (Å²) >= 11 is 6.32. The highest BCUT2D eigenvalue weighted by atomic mass is 35.5. The normalized spacial score (nSPS) is 35.5. The number of carbonyl (C=O) groups is 3. The molecule has 9 rings (SSSR count). The van der Waals surface area contributed by atoms with Crippen molar-refractivity contribution in [3.8, 4) is 0 Å². The average molecular weight is 965 g/mol. The third-order valence-corrected chi connectivity index (χ3v) is 21.2. The van der Waals surface area contributed by atoms with Crippen molar-refractivity contribution >= 4 is 35.5 Å². The number of nitrogens with one attached hydrogen (secondary N) is 1. The van der Waals surface area contributed by atoms with Crippen molar-refractivity contribution in [3.05, 3.63) is 81.9 Å². The van der Waals surface area contributed by atoms with Gasteiger partial charge in [-0.05, 0) is 177 Å². The molecule has 10 heteroatoms. The first kappa shape index (κ1) is 51.6. The van der Waals surface area contributed by atoms with Crippen LogP contribution in [-0.2, 0) is 35.8 Å². The van der Waals surface area contributed by atoms with Crippen molar-refractivity contribution in [3.63, 3.8) is 0 Å². The molecular formula is C59H82ClN3O6. The largest absolute Gasteiger partial charge is 0.462 e. The second kappa shape index (κ2) is 18.7. The Morgan fingerprint density at radius 3 is 2.07 bits per heavy atom. The number of ether oxygens (including phenoxy) is 1. The van der Waals surface area contributed by atoms with Crippen molar-refractivity contribution in [2.75, 3.05) is 33.7 Å². The zero-order valence-electron chi connectivity index (χ0n) is 43.8. The maximum absolute atomic E-state index is 15.0. The first-order valence-electron chi connectivity index (χ1n) is 26.4. The molecule has 7 aliphatic rings. The molecule has 69 heavy (non-hydrogen) atoms. The molecule has 0 unspecified atom stereocenters. The highest BCUT2D eigenvalue weighted by Gasteiger charge is 2.71. The summed E-state index contributed by atoms with van der Waals surface area (Å²) in [5, 5.41) is 4.45. The van der Waals surface area contributed by atoms with Crippen LogP contribution in [-0.4, -0.2) is 79.1 Å². The summed E-state index contributed by atoms with van der Waals surface area (Å²) in [5.74, 6) is 1.98. The molecule has 6 fully saturated rings. The van der Waals surface area contributed by atoms with Gasteiger partial charge < -0.3 is 19.9 Å². The Labute approximate surface area is 418 Å². The fraction of sp³-hybridized carbons (Fsp3) is 0.695. The summed E-state index contributed by atoms with van der Waals surface area (Å²) < 4.78 is 6.72. The Bertz CT molecular complexity index is 2330. The number of Topliss-reactive ketones (excluding diaryl/α,β-unsaturated/α-hetero) is 1. The van der Waals surface area contributed by atoms with Gasteiger partial charge in [0.2, 0.25) is 0 Å². The van der Waals surface area contributed by atoms with E-state index in [2.05, 4.69) is 134 Å². The lowest BCUT2D eigenvalue weighted by Crippen LogP contribution is -2.67. The van der Waals surface area contributed by atoms with Crippen LogP contribution in [0.5, 0.6) is 0 Å². The summed E-state index contributed by atoms with van der Waals surface area (Å²) in [4.78, 5) is 64.1. The van der Waals surface area contributed by atoms with Crippen LogP contribution in [0.4, 0.5) is 4.79 Å². The molecule has 10 atom stereocenters. The predicted molar refractivity (Wildman–Crippen MR) is 271 cm³/mol. The maximum Gasteiger partial charge on any atom is 0.373 e. The van der Waals surface area contributed by atoms with Crippen LogP contribution in [0.2, 0.25) is 5.02 Å². The summed E-state index contributed by atoms with van der Waals surface area (Å²) in [6.45, 7) is 23.6. The number of amides is 2. The van der Waals surface area contributed by atoms with Crippen LogP contribution < -0.4 is 5.32 Å². The lowest BCUT2D eigenvalue weighted by atomic mass is 9.33. The van der Waals surface area contributed by atoms with Crippen molar-refractivity contribution in [2.45, 2.75) is 163 Å². The summed E-state index contributed by atoms with van der Waals surface area (Å²) in [6.07, 6.45) is 12.7. The van der Waals surface area contributed by atoms with E-state index < -0.39 is 5.54 Å². The lowest BCUT2D eigenvalue weighted by molar-refractivity contribution is -0.235. The van der Waals surface area contributed by atoms with Crippen molar-refractivity contribution in [1.82, 2.24) is 15.1 Å². The standard InChI is InChI=1S/C58H82ClN3O4.CO2/c1-37(2)48-44(63)35-58(60-51(65)62(32-31-61(10)11)36-57(28-29-57)39-17-19-41(59)20-18-39)30-27-55(8)42(49(48)58)21-22-46-54(7)25-24-47(53(5,6)45(54)23-26-56(46,55)9)66-50(64)43-34-40(52(43,3)4)33-38-15-13-12-14-16-38;2-1-3/h12-20,37,40,42-43,45-47H,21-36H2,1-11H3,(H,60,65);/t40-,42-,43-,45+,46-,47+,54+,55-,56-,58-;/m1./s1.